The van der Waals surface area contributed by atoms with Crippen molar-refractivity contribution in [3.05, 3.63) is 55.7 Å². The first-order valence-electron chi connectivity index (χ1n) is 10.3. The minimum Gasteiger partial charge on any atom is -1.00 e. The average Bonchev–Trinajstić information content (AvgIpc) is 2.99. The third-order valence-electron chi connectivity index (χ3n) is 5.82. The molecule has 1 atom stereocenters. The average molecular weight is 469 g/mol. The van der Waals surface area contributed by atoms with Crippen LogP contribution in [0.2, 0.25) is 5.02 Å². The summed E-state index contributed by atoms with van der Waals surface area (Å²) in [6.45, 7) is 10.9. The number of carbonyl (C=O) groups excluding carboxylic acids is 2. The zero-order chi connectivity index (χ0) is 21.2. The van der Waals surface area contributed by atoms with Gasteiger partial charge in [-0.3, -0.25) is 9.59 Å². The number of hydrogen-bond acceptors (Lipinski definition) is 3. The fourth-order valence-electron chi connectivity index (χ4n) is 4.51. The highest BCUT2D eigenvalue weighted by molar-refractivity contribution is 7.12. The maximum absolute atomic E-state index is 12.7. The molecular weight excluding hydrogens is 439 g/mol. The molecule has 1 unspecified atom stereocenters. The van der Waals surface area contributed by atoms with E-state index in [0.29, 0.717) is 22.9 Å². The summed E-state index contributed by atoms with van der Waals surface area (Å²) < 4.78 is 1.04. The third kappa shape index (κ3) is 5.64. The van der Waals surface area contributed by atoms with E-state index in [1.54, 1.807) is 23.5 Å². The summed E-state index contributed by atoms with van der Waals surface area (Å²) in [5.74, 6) is 0.302. The van der Waals surface area contributed by atoms with E-state index in [0.717, 1.165) is 53.1 Å². The van der Waals surface area contributed by atoms with E-state index in [1.807, 2.05) is 12.1 Å². The van der Waals surface area contributed by atoms with Crippen LogP contribution in [-0.4, -0.2) is 35.8 Å². The normalized spacial score (nSPS) is 18.0. The molecule has 164 valence electrons. The zero-order valence-corrected chi connectivity index (χ0v) is 20.2. The summed E-state index contributed by atoms with van der Waals surface area (Å²) in [4.78, 5) is 27.0. The number of Topliss-reactive ketones (excluding diaryl/α,β-unsaturated/α-hetero) is 1. The fraction of sp³-hybridized carbons (Fsp3) is 0.478. The molecule has 2 aromatic rings. The number of ketones is 1. The van der Waals surface area contributed by atoms with Gasteiger partial charge >= 0.3 is 0 Å². The van der Waals surface area contributed by atoms with Crippen molar-refractivity contribution < 1.29 is 26.5 Å². The molecule has 1 amide bonds. The number of quaternary nitrogens is 1. The van der Waals surface area contributed by atoms with E-state index in [4.69, 9.17) is 17.3 Å². The minimum absolute atomic E-state index is 0. The van der Waals surface area contributed by atoms with Gasteiger partial charge in [-0.2, -0.15) is 0 Å². The predicted molar refractivity (Wildman–Crippen MR) is 119 cm³/mol. The van der Waals surface area contributed by atoms with Gasteiger partial charge in [-0.05, 0) is 30.2 Å². The van der Waals surface area contributed by atoms with Gasteiger partial charge in [-0.15, -0.1) is 11.3 Å². The van der Waals surface area contributed by atoms with Gasteiger partial charge in [0.05, 0.1) is 30.1 Å². The first kappa shape index (κ1) is 24.9. The van der Waals surface area contributed by atoms with Crippen molar-refractivity contribution in [3.63, 3.8) is 0 Å². The summed E-state index contributed by atoms with van der Waals surface area (Å²) in [7, 11) is 0. The molecule has 0 saturated carbocycles. The number of rotatable bonds is 8. The van der Waals surface area contributed by atoms with Gasteiger partial charge in [-0.25, -0.2) is 0 Å². The number of halogens is 2. The highest BCUT2D eigenvalue weighted by atomic mass is 35.5. The molecule has 0 saturated heterocycles. The number of fused-ring (bicyclic) bond motifs is 1. The second-order valence-corrected chi connectivity index (χ2v) is 10.2. The molecule has 1 aromatic heterocycles. The molecular formula is C23H30Cl2N2O2S. The van der Waals surface area contributed by atoms with Gasteiger partial charge in [0.2, 0.25) is 5.91 Å². The van der Waals surface area contributed by atoms with Crippen molar-refractivity contribution in [1.29, 1.82) is 0 Å². The number of benzene rings is 1. The number of thiophene rings is 1. The quantitative estimate of drug-likeness (QED) is 0.595. The summed E-state index contributed by atoms with van der Waals surface area (Å²) >= 11 is 7.54. The topological polar surface area (TPSA) is 60.2 Å². The van der Waals surface area contributed by atoms with Crippen molar-refractivity contribution in [2.24, 2.45) is 11.7 Å². The van der Waals surface area contributed by atoms with Gasteiger partial charge in [0.1, 0.15) is 12.3 Å². The molecule has 2 N–H and O–H groups in total. The highest BCUT2D eigenvalue weighted by Gasteiger charge is 2.36. The van der Waals surface area contributed by atoms with Crippen LogP contribution in [0.3, 0.4) is 0 Å². The Kier molecular flexibility index (Phi) is 8.51. The summed E-state index contributed by atoms with van der Waals surface area (Å²) in [6, 6.07) is 7.32. The lowest BCUT2D eigenvalue weighted by Gasteiger charge is -2.41. The Morgan fingerprint density at radius 1 is 1.20 bits per heavy atom. The van der Waals surface area contributed by atoms with Crippen LogP contribution in [0.4, 0.5) is 0 Å². The molecule has 0 spiro atoms. The molecule has 1 aliphatic heterocycles. The molecule has 1 aromatic carbocycles. The standard InChI is InChI=1S/C23H29ClN2O2S.ClH/c1-4-26(13-15(2)3)10-9-19-21(14-26)29-20(22(19)23(25)28)12-18(27)11-16-5-7-17(24)8-6-16;/h5-8,15H,4,9-14H2,1-3H3,(H-,25,28);1H. The number of nitrogens with zero attached hydrogens (tertiary/aromatic N) is 1. The van der Waals surface area contributed by atoms with Crippen molar-refractivity contribution in [2.75, 3.05) is 19.6 Å². The largest absolute Gasteiger partial charge is 1.00 e. The number of primary amides is 1. The molecule has 1 aliphatic rings. The molecule has 2 heterocycles. The Labute approximate surface area is 194 Å². The van der Waals surface area contributed by atoms with E-state index in [1.165, 1.54) is 4.88 Å². The lowest BCUT2D eigenvalue weighted by Crippen LogP contribution is -3.00. The molecule has 3 rings (SSSR count). The summed E-state index contributed by atoms with van der Waals surface area (Å²) in [6.07, 6.45) is 1.45. The van der Waals surface area contributed by atoms with Crippen molar-refractivity contribution in [1.82, 2.24) is 0 Å². The molecule has 0 fully saturated rings. The summed E-state index contributed by atoms with van der Waals surface area (Å²) in [5, 5.41) is 0.655. The van der Waals surface area contributed by atoms with Gasteiger partial charge in [0, 0.05) is 35.1 Å². The van der Waals surface area contributed by atoms with Gasteiger partial charge in [0.25, 0.3) is 0 Å². The monoisotopic (exact) mass is 468 g/mol. The van der Waals surface area contributed by atoms with Crippen molar-refractivity contribution in [3.8, 4) is 0 Å². The highest BCUT2D eigenvalue weighted by Crippen LogP contribution is 2.37. The van der Waals surface area contributed by atoms with Gasteiger partial charge in [-0.1, -0.05) is 37.6 Å². The molecule has 7 heteroatoms. The lowest BCUT2D eigenvalue weighted by molar-refractivity contribution is -0.943. The van der Waals surface area contributed by atoms with E-state index < -0.39 is 5.91 Å². The van der Waals surface area contributed by atoms with E-state index >= 15 is 0 Å². The molecule has 30 heavy (non-hydrogen) atoms. The number of carbonyl (C=O) groups is 2. The molecule has 4 nitrogen and oxygen atoms in total. The van der Waals surface area contributed by atoms with Crippen LogP contribution in [0, 0.1) is 5.92 Å². The smallest absolute Gasteiger partial charge is 0.250 e. The molecule has 0 radical (unpaired) electrons. The van der Waals surface area contributed by atoms with E-state index in [9.17, 15) is 9.59 Å². The SMILES string of the molecule is CC[N+]1(CC(C)C)CCc2c(sc(CC(=O)Cc3ccc(Cl)cc3)c2C(N)=O)C1.[Cl-]. The van der Waals surface area contributed by atoms with Crippen LogP contribution in [0.5, 0.6) is 0 Å². The number of likely N-dealkylation sites (N-methyl/N-ethyl adjacent to an activating group) is 1. The Balaban J connectivity index is 0.00000320. The number of hydrogen-bond donors (Lipinski definition) is 1. The summed E-state index contributed by atoms with van der Waals surface area (Å²) in [5.41, 5.74) is 8.37. The minimum atomic E-state index is -0.405. The first-order chi connectivity index (χ1) is 13.7. The maximum atomic E-state index is 12.7. The van der Waals surface area contributed by atoms with Crippen LogP contribution in [0.25, 0.3) is 0 Å². The second-order valence-electron chi connectivity index (χ2n) is 8.55. The van der Waals surface area contributed by atoms with Crippen LogP contribution in [0.1, 0.15) is 52.0 Å². The molecule has 0 bridgehead atoms. The van der Waals surface area contributed by atoms with Crippen LogP contribution in [-0.2, 0) is 30.6 Å². The third-order valence-corrected chi connectivity index (χ3v) is 7.29. The second kappa shape index (κ2) is 10.3. The van der Waals surface area contributed by atoms with Crippen LogP contribution in [0.15, 0.2) is 24.3 Å². The Morgan fingerprint density at radius 2 is 1.87 bits per heavy atom. The number of amides is 1. The zero-order valence-electron chi connectivity index (χ0n) is 17.8. The maximum Gasteiger partial charge on any atom is 0.250 e. The van der Waals surface area contributed by atoms with Crippen LogP contribution < -0.4 is 18.1 Å². The number of nitrogens with two attached hydrogens (primary N) is 1. The van der Waals surface area contributed by atoms with Gasteiger partial charge in [0.15, 0.2) is 0 Å². The van der Waals surface area contributed by atoms with E-state index in [2.05, 4.69) is 20.8 Å². The first-order valence-corrected chi connectivity index (χ1v) is 11.5. The predicted octanol–water partition coefficient (Wildman–Crippen LogP) is 1.41. The van der Waals surface area contributed by atoms with Crippen molar-refractivity contribution >= 4 is 34.6 Å². The fourth-order valence-corrected chi connectivity index (χ4v) is 6.15. The van der Waals surface area contributed by atoms with Crippen molar-refractivity contribution in [2.45, 2.75) is 46.6 Å². The Morgan fingerprint density at radius 3 is 2.43 bits per heavy atom. The van der Waals surface area contributed by atoms with Gasteiger partial charge < -0.3 is 22.6 Å². The Bertz CT molecular complexity index is 909. The van der Waals surface area contributed by atoms with Crippen LogP contribution >= 0.6 is 22.9 Å². The molecule has 0 aliphatic carbocycles. The van der Waals surface area contributed by atoms with E-state index in [-0.39, 0.29) is 24.6 Å². The Hall–Kier alpha value is -1.40. The lowest BCUT2D eigenvalue weighted by atomic mass is 9.96.